The Morgan fingerprint density at radius 1 is 1.17 bits per heavy atom. The lowest BCUT2D eigenvalue weighted by Gasteiger charge is -2.26. The maximum Gasteiger partial charge on any atom is 0.311 e. The van der Waals surface area contributed by atoms with Crippen LogP contribution >= 0.6 is 12.2 Å². The van der Waals surface area contributed by atoms with Crippen molar-refractivity contribution in [3.05, 3.63) is 71.8 Å². The number of carbonyl (C=O) groups is 1. The third kappa shape index (κ3) is 3.82. The molecule has 2 atom stereocenters. The fourth-order valence-corrected chi connectivity index (χ4v) is 3.46. The van der Waals surface area contributed by atoms with Crippen molar-refractivity contribution in [2.45, 2.75) is 26.0 Å². The van der Waals surface area contributed by atoms with Crippen LogP contribution in [0.3, 0.4) is 0 Å². The van der Waals surface area contributed by atoms with E-state index in [4.69, 9.17) is 17.0 Å². The van der Waals surface area contributed by atoms with Gasteiger partial charge in [0.15, 0.2) is 0 Å². The third-order valence-electron chi connectivity index (χ3n) is 4.47. The van der Waals surface area contributed by atoms with Crippen molar-refractivity contribution >= 4 is 23.2 Å². The van der Waals surface area contributed by atoms with Crippen molar-refractivity contribution in [3.8, 4) is 0 Å². The number of rotatable bonds is 5. The Morgan fingerprint density at radius 2 is 1.79 bits per heavy atom. The van der Waals surface area contributed by atoms with Gasteiger partial charge < -0.3 is 9.64 Å². The molecule has 0 unspecified atom stereocenters. The van der Waals surface area contributed by atoms with E-state index in [1.54, 1.807) is 0 Å². The van der Waals surface area contributed by atoms with Crippen molar-refractivity contribution in [1.29, 1.82) is 0 Å². The van der Waals surface area contributed by atoms with Gasteiger partial charge in [0.05, 0.1) is 16.9 Å². The molecule has 2 aromatic rings. The summed E-state index contributed by atoms with van der Waals surface area (Å²) in [5.74, 6) is -0.337. The normalized spacial score (nSPS) is 18.5. The second-order valence-electron chi connectivity index (χ2n) is 6.13. The van der Waals surface area contributed by atoms with E-state index in [2.05, 4.69) is 24.0 Å². The lowest BCUT2D eigenvalue weighted by molar-refractivity contribution is -0.149. The van der Waals surface area contributed by atoms with Crippen LogP contribution in [0.2, 0.25) is 0 Å². The average molecular weight is 339 g/mol. The highest BCUT2D eigenvalue weighted by atomic mass is 32.1. The van der Waals surface area contributed by atoms with Crippen LogP contribution in [0.15, 0.2) is 60.7 Å². The van der Waals surface area contributed by atoms with Crippen LogP contribution in [0.4, 0.5) is 0 Å². The van der Waals surface area contributed by atoms with Gasteiger partial charge >= 0.3 is 5.97 Å². The highest BCUT2D eigenvalue weighted by Crippen LogP contribution is 2.30. The van der Waals surface area contributed by atoms with Gasteiger partial charge in [0.2, 0.25) is 0 Å². The lowest BCUT2D eigenvalue weighted by atomic mass is 10.1. The van der Waals surface area contributed by atoms with Gasteiger partial charge in [0, 0.05) is 13.0 Å². The Balaban J connectivity index is 1.59. The summed E-state index contributed by atoms with van der Waals surface area (Å²) in [6.07, 6.45) is 0.597. The average Bonchev–Trinajstić information content (AvgIpc) is 3.02. The zero-order chi connectivity index (χ0) is 16.9. The highest BCUT2D eigenvalue weighted by Gasteiger charge is 2.35. The molecule has 124 valence electrons. The Labute approximate surface area is 148 Å². The van der Waals surface area contributed by atoms with Crippen LogP contribution in [0.25, 0.3) is 0 Å². The predicted octanol–water partition coefficient (Wildman–Crippen LogP) is 4.14. The molecule has 1 aliphatic heterocycles. The van der Waals surface area contributed by atoms with E-state index in [-0.39, 0.29) is 17.9 Å². The molecule has 0 spiro atoms. The summed E-state index contributed by atoms with van der Waals surface area (Å²) in [5, 5.41) is 0. The number of hydrogen-bond donors (Lipinski definition) is 0. The lowest BCUT2D eigenvalue weighted by Crippen LogP contribution is -2.29. The predicted molar refractivity (Wildman–Crippen MR) is 98.5 cm³/mol. The smallest absolute Gasteiger partial charge is 0.311 e. The van der Waals surface area contributed by atoms with Gasteiger partial charge in [0.1, 0.15) is 6.61 Å². The standard InChI is InChI=1S/C20H21NO2S/c1-15(17-10-6-3-7-11-17)21-13-18(12-19(21)24)20(22)23-14-16-8-4-2-5-9-16/h2-11,15,18H,12-14H2,1H3/t15-,18+/m1/s1. The minimum atomic E-state index is -0.174. The Bertz CT molecular complexity index is 702. The van der Waals surface area contributed by atoms with Crippen molar-refractivity contribution in [1.82, 2.24) is 4.90 Å². The van der Waals surface area contributed by atoms with E-state index < -0.39 is 0 Å². The fourth-order valence-electron chi connectivity index (χ4n) is 3.02. The van der Waals surface area contributed by atoms with Gasteiger partial charge in [-0.3, -0.25) is 4.79 Å². The van der Waals surface area contributed by atoms with E-state index in [1.807, 2.05) is 48.5 Å². The maximum absolute atomic E-state index is 12.4. The summed E-state index contributed by atoms with van der Waals surface area (Å²) >= 11 is 5.51. The number of carbonyl (C=O) groups excluding carboxylic acids is 1. The van der Waals surface area contributed by atoms with Gasteiger partial charge in [-0.2, -0.15) is 0 Å². The van der Waals surface area contributed by atoms with Crippen LogP contribution in [0, 0.1) is 5.92 Å². The Morgan fingerprint density at radius 3 is 2.46 bits per heavy atom. The molecule has 0 saturated carbocycles. The van der Waals surface area contributed by atoms with Gasteiger partial charge in [0.25, 0.3) is 0 Å². The second kappa shape index (κ2) is 7.58. The molecule has 0 aromatic heterocycles. The first-order valence-electron chi connectivity index (χ1n) is 8.20. The molecule has 3 nitrogen and oxygen atoms in total. The van der Waals surface area contributed by atoms with Crippen molar-refractivity contribution in [2.24, 2.45) is 5.92 Å². The zero-order valence-corrected chi connectivity index (χ0v) is 14.5. The summed E-state index contributed by atoms with van der Waals surface area (Å²) in [6, 6.07) is 20.1. The molecule has 1 saturated heterocycles. The molecule has 0 amide bonds. The quantitative estimate of drug-likeness (QED) is 0.605. The van der Waals surface area contributed by atoms with Crippen LogP contribution in [-0.2, 0) is 16.1 Å². The van der Waals surface area contributed by atoms with Gasteiger partial charge in [-0.05, 0) is 18.1 Å². The molecule has 2 aromatic carbocycles. The highest BCUT2D eigenvalue weighted by molar-refractivity contribution is 7.80. The molecule has 0 aliphatic carbocycles. The number of hydrogen-bond acceptors (Lipinski definition) is 3. The van der Waals surface area contributed by atoms with Crippen LogP contribution in [-0.4, -0.2) is 22.4 Å². The zero-order valence-electron chi connectivity index (χ0n) is 13.7. The Kier molecular flexibility index (Phi) is 5.26. The van der Waals surface area contributed by atoms with Crippen LogP contribution < -0.4 is 0 Å². The van der Waals surface area contributed by atoms with Gasteiger partial charge in [-0.1, -0.05) is 72.9 Å². The number of thiocarbonyl (C=S) groups is 1. The summed E-state index contributed by atoms with van der Waals surface area (Å²) in [7, 11) is 0. The molecule has 0 radical (unpaired) electrons. The SMILES string of the molecule is C[C@H](c1ccccc1)N1C[C@@H](C(=O)OCc2ccccc2)CC1=S. The molecule has 3 rings (SSSR count). The second-order valence-corrected chi connectivity index (χ2v) is 6.60. The molecule has 1 aliphatic rings. The number of esters is 1. The summed E-state index contributed by atoms with van der Waals surface area (Å²) in [6.45, 7) is 3.07. The van der Waals surface area contributed by atoms with E-state index in [9.17, 15) is 4.79 Å². The third-order valence-corrected chi connectivity index (χ3v) is 4.87. The number of likely N-dealkylation sites (tertiary alicyclic amines) is 1. The van der Waals surface area contributed by atoms with Crippen LogP contribution in [0.5, 0.6) is 0 Å². The van der Waals surface area contributed by atoms with Gasteiger partial charge in [-0.25, -0.2) is 0 Å². The van der Waals surface area contributed by atoms with E-state index in [0.717, 1.165) is 10.6 Å². The van der Waals surface area contributed by atoms with Crippen LogP contribution in [0.1, 0.15) is 30.5 Å². The summed E-state index contributed by atoms with van der Waals surface area (Å²) in [4.78, 5) is 15.3. The van der Waals surface area contributed by atoms with Crippen molar-refractivity contribution < 1.29 is 9.53 Å². The molecule has 0 bridgehead atoms. The van der Waals surface area contributed by atoms with E-state index in [1.165, 1.54) is 5.56 Å². The molecular formula is C20H21NO2S. The van der Waals surface area contributed by atoms with E-state index in [0.29, 0.717) is 19.6 Å². The maximum atomic E-state index is 12.4. The molecule has 24 heavy (non-hydrogen) atoms. The minimum absolute atomic E-state index is 0.163. The summed E-state index contributed by atoms with van der Waals surface area (Å²) < 4.78 is 5.47. The summed E-state index contributed by atoms with van der Waals surface area (Å²) in [5.41, 5.74) is 2.21. The number of ether oxygens (including phenoxy) is 1. The first kappa shape index (κ1) is 16.7. The topological polar surface area (TPSA) is 29.5 Å². The molecule has 1 fully saturated rings. The van der Waals surface area contributed by atoms with Crippen molar-refractivity contribution in [3.63, 3.8) is 0 Å². The number of benzene rings is 2. The molecule has 0 N–H and O–H groups in total. The van der Waals surface area contributed by atoms with E-state index >= 15 is 0 Å². The Hall–Kier alpha value is -2.20. The first-order valence-corrected chi connectivity index (χ1v) is 8.61. The van der Waals surface area contributed by atoms with Crippen molar-refractivity contribution in [2.75, 3.05) is 6.54 Å². The minimum Gasteiger partial charge on any atom is -0.461 e. The van der Waals surface area contributed by atoms with Gasteiger partial charge in [-0.15, -0.1) is 0 Å². The monoisotopic (exact) mass is 339 g/mol. The molecule has 4 heteroatoms. The molecular weight excluding hydrogens is 318 g/mol. The first-order chi connectivity index (χ1) is 11.6. The number of nitrogens with zero attached hydrogens (tertiary/aromatic N) is 1. The molecule has 1 heterocycles. The largest absolute Gasteiger partial charge is 0.461 e. The fraction of sp³-hybridized carbons (Fsp3) is 0.300.